The lowest BCUT2D eigenvalue weighted by Gasteiger charge is -2.60. The third kappa shape index (κ3) is 3.65. The molecule has 6 heteroatoms. The Hall–Kier alpha value is -3.02. The van der Waals surface area contributed by atoms with E-state index in [1.54, 1.807) is 24.3 Å². The molecule has 1 aromatic heterocycles. The molecule has 4 fully saturated rings. The first-order valence-corrected chi connectivity index (χ1v) is 12.0. The van der Waals surface area contributed by atoms with Gasteiger partial charge in [-0.3, -0.25) is 14.2 Å². The monoisotopic (exact) mass is 445 g/mol. The minimum absolute atomic E-state index is 0.0282. The Kier molecular flexibility index (Phi) is 4.86. The van der Waals surface area contributed by atoms with Gasteiger partial charge >= 0.3 is 0 Å². The Balaban J connectivity index is 1.35. The summed E-state index contributed by atoms with van der Waals surface area (Å²) >= 11 is 0. The van der Waals surface area contributed by atoms with Crippen LogP contribution in [0, 0.1) is 23.6 Å². The molecule has 4 saturated carbocycles. The van der Waals surface area contributed by atoms with Crippen LogP contribution in [0.1, 0.15) is 44.1 Å². The van der Waals surface area contributed by atoms with Gasteiger partial charge < -0.3 is 4.90 Å². The molecule has 0 saturated heterocycles. The van der Waals surface area contributed by atoms with Gasteiger partial charge in [0.05, 0.1) is 17.2 Å². The second kappa shape index (κ2) is 7.79. The maximum atomic E-state index is 13.9. The fourth-order valence-electron chi connectivity index (χ4n) is 7.14. The van der Waals surface area contributed by atoms with Crippen molar-refractivity contribution in [3.8, 4) is 0 Å². The molecular weight excluding hydrogens is 417 g/mol. The van der Waals surface area contributed by atoms with E-state index in [0.29, 0.717) is 35.2 Å². The number of halogens is 1. The normalized spacial score (nSPS) is 27.7. The largest absolute Gasteiger partial charge is 0.331 e. The molecule has 1 amide bonds. The topological polar surface area (TPSA) is 55.2 Å². The summed E-state index contributed by atoms with van der Waals surface area (Å²) < 4.78 is 15.0. The van der Waals surface area contributed by atoms with Crippen molar-refractivity contribution >= 4 is 16.8 Å². The highest BCUT2D eigenvalue weighted by atomic mass is 19.1. The Morgan fingerprint density at radius 1 is 1.00 bits per heavy atom. The van der Waals surface area contributed by atoms with Crippen molar-refractivity contribution in [2.24, 2.45) is 17.8 Å². The Labute approximate surface area is 192 Å². The molecule has 3 aromatic rings. The first-order valence-electron chi connectivity index (χ1n) is 12.0. The zero-order valence-electron chi connectivity index (χ0n) is 18.6. The van der Waals surface area contributed by atoms with E-state index in [2.05, 4.69) is 4.98 Å². The molecule has 0 radical (unpaired) electrons. The number of benzene rings is 2. The molecule has 7 rings (SSSR count). The van der Waals surface area contributed by atoms with Gasteiger partial charge in [0.15, 0.2) is 0 Å². The molecule has 5 nitrogen and oxygen atoms in total. The van der Waals surface area contributed by atoms with Gasteiger partial charge in [0.25, 0.3) is 5.56 Å². The minimum Gasteiger partial charge on any atom is -0.331 e. The second-order valence-corrected chi connectivity index (χ2v) is 10.4. The van der Waals surface area contributed by atoms with Gasteiger partial charge in [0.1, 0.15) is 12.4 Å². The molecule has 170 valence electrons. The molecule has 4 bridgehead atoms. The van der Waals surface area contributed by atoms with Crippen molar-refractivity contribution in [2.45, 2.75) is 57.2 Å². The van der Waals surface area contributed by atoms with Crippen LogP contribution in [0.25, 0.3) is 10.9 Å². The van der Waals surface area contributed by atoms with Crippen LogP contribution in [0.5, 0.6) is 0 Å². The van der Waals surface area contributed by atoms with Gasteiger partial charge in [-0.05, 0) is 86.1 Å². The van der Waals surface area contributed by atoms with E-state index >= 15 is 0 Å². The van der Waals surface area contributed by atoms with Crippen molar-refractivity contribution in [1.82, 2.24) is 14.5 Å². The second-order valence-electron chi connectivity index (χ2n) is 10.4. The SMILES string of the molecule is O=C(Cn1cnc2ccccc2c1=O)N(Cc1ccc(F)cc1)C12CC3CC(CC(C3)C1)C2. The number of fused-ring (bicyclic) bond motifs is 1. The number of para-hydroxylation sites is 1. The van der Waals surface area contributed by atoms with Crippen LogP contribution in [0.4, 0.5) is 4.39 Å². The Morgan fingerprint density at radius 2 is 1.64 bits per heavy atom. The summed E-state index contributed by atoms with van der Waals surface area (Å²) in [5.74, 6) is 1.72. The molecule has 0 atom stereocenters. The number of aromatic nitrogens is 2. The molecule has 0 spiro atoms. The summed E-state index contributed by atoms with van der Waals surface area (Å²) in [7, 11) is 0. The van der Waals surface area contributed by atoms with E-state index in [0.717, 1.165) is 24.8 Å². The van der Waals surface area contributed by atoms with Gasteiger partial charge in [0.2, 0.25) is 5.91 Å². The summed E-state index contributed by atoms with van der Waals surface area (Å²) in [4.78, 5) is 33.3. The zero-order valence-corrected chi connectivity index (χ0v) is 18.6. The number of carbonyl (C=O) groups excluding carboxylic acids is 1. The number of hydrogen-bond acceptors (Lipinski definition) is 3. The van der Waals surface area contributed by atoms with Gasteiger partial charge in [0, 0.05) is 12.1 Å². The lowest BCUT2D eigenvalue weighted by atomic mass is 9.52. The van der Waals surface area contributed by atoms with Gasteiger partial charge in [-0.15, -0.1) is 0 Å². The van der Waals surface area contributed by atoms with Crippen molar-refractivity contribution in [2.75, 3.05) is 0 Å². The fraction of sp³-hybridized carbons (Fsp3) is 0.444. The van der Waals surface area contributed by atoms with E-state index in [4.69, 9.17) is 0 Å². The number of carbonyl (C=O) groups is 1. The number of amides is 1. The van der Waals surface area contributed by atoms with E-state index in [9.17, 15) is 14.0 Å². The molecule has 0 N–H and O–H groups in total. The summed E-state index contributed by atoms with van der Waals surface area (Å²) in [6.07, 6.45) is 8.45. The maximum Gasteiger partial charge on any atom is 0.261 e. The van der Waals surface area contributed by atoms with Crippen LogP contribution >= 0.6 is 0 Å². The zero-order chi connectivity index (χ0) is 22.6. The molecule has 33 heavy (non-hydrogen) atoms. The summed E-state index contributed by atoms with van der Waals surface area (Å²) in [5, 5.41) is 0.521. The fourth-order valence-corrected chi connectivity index (χ4v) is 7.14. The molecule has 0 aliphatic heterocycles. The first kappa shape index (κ1) is 20.6. The van der Waals surface area contributed by atoms with Gasteiger partial charge in [-0.1, -0.05) is 24.3 Å². The highest BCUT2D eigenvalue weighted by Crippen LogP contribution is 2.58. The molecule has 4 aliphatic carbocycles. The molecule has 4 aliphatic rings. The summed E-state index contributed by atoms with van der Waals surface area (Å²) in [5.41, 5.74) is 1.20. The third-order valence-electron chi connectivity index (χ3n) is 8.17. The number of nitrogens with zero attached hydrogens (tertiary/aromatic N) is 3. The molecule has 1 heterocycles. The van der Waals surface area contributed by atoms with E-state index < -0.39 is 0 Å². The van der Waals surface area contributed by atoms with Crippen LogP contribution in [0.15, 0.2) is 59.7 Å². The smallest absolute Gasteiger partial charge is 0.261 e. The standard InChI is InChI=1S/C27H28FN3O2/c28-22-7-5-18(6-8-22)15-31(27-12-19-9-20(13-27)11-21(10-19)14-27)25(32)16-30-17-29-24-4-2-1-3-23(24)26(30)33/h1-8,17,19-21H,9-16H2. The van der Waals surface area contributed by atoms with E-state index in [1.807, 2.05) is 17.0 Å². The minimum atomic E-state index is -0.278. The van der Waals surface area contributed by atoms with Crippen LogP contribution in [0.2, 0.25) is 0 Å². The average molecular weight is 446 g/mol. The Morgan fingerprint density at radius 3 is 2.30 bits per heavy atom. The van der Waals surface area contributed by atoms with E-state index in [1.165, 1.54) is 42.3 Å². The van der Waals surface area contributed by atoms with Crippen LogP contribution < -0.4 is 5.56 Å². The predicted molar refractivity (Wildman–Crippen MR) is 124 cm³/mol. The quantitative estimate of drug-likeness (QED) is 0.580. The summed E-state index contributed by atoms with van der Waals surface area (Å²) in [6, 6.07) is 13.7. The van der Waals surface area contributed by atoms with Crippen molar-refractivity contribution in [3.63, 3.8) is 0 Å². The maximum absolute atomic E-state index is 13.9. The average Bonchev–Trinajstić information content (AvgIpc) is 2.79. The van der Waals surface area contributed by atoms with Crippen molar-refractivity contribution < 1.29 is 9.18 Å². The lowest BCUT2D eigenvalue weighted by Crippen LogP contribution is -2.61. The Bertz CT molecular complexity index is 1230. The summed E-state index contributed by atoms with van der Waals surface area (Å²) in [6.45, 7) is 0.417. The highest BCUT2D eigenvalue weighted by molar-refractivity contribution is 5.79. The molecule has 0 unspecified atom stereocenters. The van der Waals surface area contributed by atoms with E-state index in [-0.39, 0.29) is 29.4 Å². The third-order valence-corrected chi connectivity index (χ3v) is 8.17. The van der Waals surface area contributed by atoms with Crippen LogP contribution in [0.3, 0.4) is 0 Å². The van der Waals surface area contributed by atoms with Gasteiger partial charge in [-0.25, -0.2) is 9.37 Å². The lowest BCUT2D eigenvalue weighted by molar-refractivity contribution is -0.153. The highest BCUT2D eigenvalue weighted by Gasteiger charge is 2.54. The molecule has 2 aromatic carbocycles. The van der Waals surface area contributed by atoms with Crippen molar-refractivity contribution in [1.29, 1.82) is 0 Å². The van der Waals surface area contributed by atoms with Crippen molar-refractivity contribution in [3.05, 3.63) is 76.6 Å². The number of rotatable bonds is 5. The number of hydrogen-bond donors (Lipinski definition) is 0. The first-order chi connectivity index (χ1) is 16.0. The van der Waals surface area contributed by atoms with Crippen LogP contribution in [-0.2, 0) is 17.9 Å². The predicted octanol–water partition coefficient (Wildman–Crippen LogP) is 4.53. The van der Waals surface area contributed by atoms with Gasteiger partial charge in [-0.2, -0.15) is 0 Å². The van der Waals surface area contributed by atoms with Crippen LogP contribution in [-0.4, -0.2) is 25.9 Å². The molecular formula is C27H28FN3O2.